The highest BCUT2D eigenvalue weighted by Gasteiger charge is 2.21. The standard InChI is InChI=1S/C15H18N2O3.C11H10N2O3.C10H9NO.C6H11BrO2.S3.S2.H2S/c1-10(18)14-11-7-5-6-8-12(11)17(16-14)9-13(19)20-15(2,3)4;1-7(14)11-8-4-2-3-5-9(8)13(12-11)6-10(15)16;1-7(12)10-9-5-3-2-4-8(9)6-11-10;1-6(2,3)9-5(8)4-7;1-3-2;1-2;/h5-8H,9H2,1-4H3;2-5H,6H2,1H3,(H,15,16);2-5H,6H2,1H3;4H2,1-3H3;;;1H2. The number of carboxylic acid groups (broad SMARTS) is 1. The molecule has 0 unspecified atom stereocenters. The molecule has 1 aliphatic rings. The zero-order valence-corrected chi connectivity index (χ0v) is 42.8. The molecule has 340 valence electrons. The number of carbonyl (C=O) groups is 6. The Hall–Kier alpha value is -4.38. The number of carbonyl (C=O) groups excluding carboxylic acids is 5. The van der Waals surface area contributed by atoms with Gasteiger partial charge in [-0.25, -0.2) is 0 Å². The highest BCUT2D eigenvalue weighted by molar-refractivity contribution is 9.09. The largest absolute Gasteiger partial charge is 0.480 e. The molecule has 5 aromatic rings. The molecule has 0 amide bonds. The zero-order chi connectivity index (χ0) is 47.4. The summed E-state index contributed by atoms with van der Waals surface area (Å²) < 4.78 is 13.0. The fourth-order valence-electron chi connectivity index (χ4n) is 5.45. The number of benzene rings is 3. The molecule has 1 N–H and O–H groups in total. The number of Topliss-reactive ketones (excluding diaryl/α,β-unsaturated/α-hetero) is 3. The number of aromatic nitrogens is 4. The van der Waals surface area contributed by atoms with E-state index in [4.69, 9.17) is 14.6 Å². The van der Waals surface area contributed by atoms with Crippen LogP contribution < -0.4 is 0 Å². The molecular weight excluding hydrogens is 991 g/mol. The lowest BCUT2D eigenvalue weighted by molar-refractivity contribution is -0.156. The molecule has 2 aromatic heterocycles. The van der Waals surface area contributed by atoms with Crippen LogP contribution in [0.3, 0.4) is 0 Å². The Morgan fingerprint density at radius 2 is 1.08 bits per heavy atom. The summed E-state index contributed by atoms with van der Waals surface area (Å²) in [5, 5.41) is 18.7. The van der Waals surface area contributed by atoms with Crippen molar-refractivity contribution in [3.8, 4) is 0 Å². The quantitative estimate of drug-likeness (QED) is 0.0925. The number of hydrogen-bond acceptors (Lipinski definition) is 15. The molecule has 3 heterocycles. The Kier molecular flexibility index (Phi) is 26.4. The van der Waals surface area contributed by atoms with Crippen molar-refractivity contribution in [1.82, 2.24) is 19.6 Å². The summed E-state index contributed by atoms with van der Waals surface area (Å²) in [6, 6.07) is 22.3. The van der Waals surface area contributed by atoms with E-state index in [1.54, 1.807) is 31.2 Å². The van der Waals surface area contributed by atoms with Gasteiger partial charge in [0.05, 0.1) is 17.6 Å². The minimum atomic E-state index is -0.983. The highest BCUT2D eigenvalue weighted by Crippen LogP contribution is 2.21. The first kappa shape index (κ1) is 58.6. The number of carboxylic acids is 1. The van der Waals surface area contributed by atoms with Gasteiger partial charge in [-0.05, 0) is 59.2 Å². The van der Waals surface area contributed by atoms with Crippen LogP contribution in [0.15, 0.2) is 77.8 Å². The van der Waals surface area contributed by atoms with Crippen molar-refractivity contribution in [2.75, 3.05) is 5.33 Å². The number of halogens is 1. The van der Waals surface area contributed by atoms with Crippen LogP contribution in [0, 0.1) is 0 Å². The Labute approximate surface area is 404 Å². The summed E-state index contributed by atoms with van der Waals surface area (Å²) in [5.41, 5.74) is 4.01. The van der Waals surface area contributed by atoms with Crippen LogP contribution in [0.5, 0.6) is 0 Å². The molecule has 0 aliphatic carbocycles. The van der Waals surface area contributed by atoms with E-state index in [9.17, 15) is 28.8 Å². The molecule has 0 fully saturated rings. The van der Waals surface area contributed by atoms with Crippen LogP contribution >= 0.6 is 29.4 Å². The average Bonchev–Trinajstić information content (AvgIpc) is 3.90. The van der Waals surface area contributed by atoms with E-state index in [0.29, 0.717) is 34.5 Å². The van der Waals surface area contributed by atoms with E-state index < -0.39 is 11.6 Å². The van der Waals surface area contributed by atoms with Crippen molar-refractivity contribution < 1.29 is 43.3 Å². The lowest BCUT2D eigenvalue weighted by atomic mass is 10.0. The molecule has 63 heavy (non-hydrogen) atoms. The van der Waals surface area contributed by atoms with Crippen LogP contribution in [0.25, 0.3) is 21.8 Å². The summed E-state index contributed by atoms with van der Waals surface area (Å²) in [6.07, 6.45) is 0. The highest BCUT2D eigenvalue weighted by atomic mass is 79.9. The smallest absolute Gasteiger partial charge is 0.328 e. The van der Waals surface area contributed by atoms with E-state index in [2.05, 4.69) is 75.9 Å². The Morgan fingerprint density at radius 3 is 1.46 bits per heavy atom. The van der Waals surface area contributed by atoms with Gasteiger partial charge in [-0.15, -0.1) is 0 Å². The first-order valence-electron chi connectivity index (χ1n) is 18.4. The third-order valence-electron chi connectivity index (χ3n) is 7.51. The monoisotopic (exact) mass is 1040 g/mol. The number of alkyl halides is 1. The van der Waals surface area contributed by atoms with Gasteiger partial charge in [-0.1, -0.05) is 76.6 Å². The van der Waals surface area contributed by atoms with Gasteiger partial charge in [0.25, 0.3) is 0 Å². The van der Waals surface area contributed by atoms with Gasteiger partial charge in [-0.2, -0.15) is 23.7 Å². The van der Waals surface area contributed by atoms with Crippen LogP contribution in [0.1, 0.15) is 94.4 Å². The molecule has 0 bridgehead atoms. The van der Waals surface area contributed by atoms with Gasteiger partial charge in [-0.3, -0.25) is 43.1 Å². The van der Waals surface area contributed by atoms with Crippen molar-refractivity contribution in [3.05, 3.63) is 95.3 Å². The molecule has 0 saturated heterocycles. The third-order valence-corrected chi connectivity index (χ3v) is 7.97. The Balaban J connectivity index is 0.000000808. The van der Waals surface area contributed by atoms with Crippen LogP contribution in [-0.4, -0.2) is 82.2 Å². The summed E-state index contributed by atoms with van der Waals surface area (Å²) >= 11 is 18.6. The second-order valence-corrected chi connectivity index (χ2v) is 17.1. The molecule has 6 rings (SSSR count). The van der Waals surface area contributed by atoms with Gasteiger partial charge < -0.3 is 14.6 Å². The number of esters is 2. The number of para-hydroxylation sites is 2. The molecule has 0 saturated carbocycles. The van der Waals surface area contributed by atoms with Crippen LogP contribution in [-0.2, 0) is 102 Å². The average molecular weight is 1040 g/mol. The number of nitrogens with zero attached hydrogens (tertiary/aromatic N) is 5. The predicted molar refractivity (Wildman–Crippen MR) is 267 cm³/mol. The first-order valence-corrected chi connectivity index (χ1v) is 23.5. The van der Waals surface area contributed by atoms with Gasteiger partial charge in [0.15, 0.2) is 17.3 Å². The van der Waals surface area contributed by atoms with Crippen molar-refractivity contribution in [3.63, 3.8) is 0 Å². The summed E-state index contributed by atoms with van der Waals surface area (Å²) in [7, 11) is 0.917. The Bertz CT molecular complexity index is 2450. The van der Waals surface area contributed by atoms with Gasteiger partial charge in [0.1, 0.15) is 46.7 Å². The minimum Gasteiger partial charge on any atom is -0.480 e. The number of aliphatic imine (C=N–C) groups is 1. The molecular formula is C42H50BrN5O9S6. The van der Waals surface area contributed by atoms with E-state index in [1.807, 2.05) is 90.1 Å². The predicted octanol–water partition coefficient (Wildman–Crippen LogP) is 7.31. The molecule has 21 heteroatoms. The first-order chi connectivity index (χ1) is 29.0. The lowest BCUT2D eigenvalue weighted by Gasteiger charge is -2.19. The minimum absolute atomic E-state index is 0. The van der Waals surface area contributed by atoms with Crippen molar-refractivity contribution in [2.45, 2.75) is 93.2 Å². The van der Waals surface area contributed by atoms with Gasteiger partial charge >= 0.3 is 17.9 Å². The van der Waals surface area contributed by atoms with E-state index in [0.717, 1.165) is 30.9 Å². The number of fused-ring (bicyclic) bond motifs is 3. The number of rotatable bonds is 8. The maximum atomic E-state index is 11.9. The number of ether oxygens (including phenoxy) is 2. The number of aliphatic carboxylic acids is 1. The molecule has 0 atom stereocenters. The summed E-state index contributed by atoms with van der Waals surface area (Å²) in [6.45, 7) is 15.8. The topological polar surface area (TPSA) is 189 Å². The van der Waals surface area contributed by atoms with Crippen LogP contribution in [0.4, 0.5) is 0 Å². The molecule has 3 aromatic carbocycles. The van der Waals surface area contributed by atoms with E-state index in [-0.39, 0.29) is 66.8 Å². The van der Waals surface area contributed by atoms with E-state index in [1.165, 1.54) is 23.2 Å². The second kappa shape index (κ2) is 28.4. The maximum Gasteiger partial charge on any atom is 0.328 e. The maximum absolute atomic E-state index is 11.9. The number of hydrogen-bond donors (Lipinski definition) is 1. The normalized spacial score (nSPS) is 10.9. The number of ketones is 3. The molecule has 14 nitrogen and oxygen atoms in total. The van der Waals surface area contributed by atoms with Crippen molar-refractivity contribution in [2.24, 2.45) is 4.99 Å². The zero-order valence-electron chi connectivity index (χ0n) is 36.1. The van der Waals surface area contributed by atoms with Gasteiger partial charge in [0.2, 0.25) is 0 Å². The van der Waals surface area contributed by atoms with Crippen molar-refractivity contribution in [1.29, 1.82) is 0 Å². The van der Waals surface area contributed by atoms with Crippen LogP contribution in [0.2, 0.25) is 0 Å². The fraction of sp³-hybridized carbons (Fsp3) is 0.357. The second-order valence-electron chi connectivity index (χ2n) is 14.8. The van der Waals surface area contributed by atoms with E-state index >= 15 is 0 Å². The summed E-state index contributed by atoms with van der Waals surface area (Å²) in [5.74, 6) is -1.81. The third kappa shape index (κ3) is 20.3. The lowest BCUT2D eigenvalue weighted by Crippen LogP contribution is -2.26. The summed E-state index contributed by atoms with van der Waals surface area (Å²) in [4.78, 5) is 71.3. The van der Waals surface area contributed by atoms with Crippen molar-refractivity contribution >= 4 is 146 Å². The SMILES string of the molecule is CC(=O)C1=NCc2ccccc21.CC(=O)c1nn(CC(=O)O)c2ccccc12.CC(=O)c1nn(CC(=O)OC(C)(C)C)c2ccccc12.CC(C)(C)OC(=O)CBr.S.S=S.S=S=S. The van der Waals surface area contributed by atoms with Gasteiger partial charge in [0, 0.05) is 90.7 Å². The molecule has 0 spiro atoms. The Morgan fingerprint density at radius 1 is 0.683 bits per heavy atom. The molecule has 0 radical (unpaired) electrons. The fourth-order valence-corrected chi connectivity index (χ4v) is 5.56. The molecule has 1 aliphatic heterocycles.